The van der Waals surface area contributed by atoms with Gasteiger partial charge < -0.3 is 5.73 Å². The predicted octanol–water partition coefficient (Wildman–Crippen LogP) is 1.86. The van der Waals surface area contributed by atoms with Gasteiger partial charge in [0.2, 0.25) is 0 Å². The topological polar surface area (TPSA) is 26.0 Å². The first kappa shape index (κ1) is 6.65. The van der Waals surface area contributed by atoms with Crippen molar-refractivity contribution in [1.82, 2.24) is 0 Å². The van der Waals surface area contributed by atoms with Crippen LogP contribution in [0.25, 0.3) is 0 Å². The Kier molecular flexibility index (Phi) is 2.61. The van der Waals surface area contributed by atoms with E-state index in [-0.39, 0.29) is 0 Å². The van der Waals surface area contributed by atoms with Crippen LogP contribution in [0, 0.1) is 5.88 Å². The predicted molar refractivity (Wildman–Crippen MR) is 40.8 cm³/mol. The minimum absolute atomic E-state index is 1.18. The van der Waals surface area contributed by atoms with Crippen molar-refractivity contribution in [2.24, 2.45) is 5.73 Å². The molecule has 0 bridgehead atoms. The summed E-state index contributed by atoms with van der Waals surface area (Å²) in [6.45, 7) is 0. The summed E-state index contributed by atoms with van der Waals surface area (Å²) >= 11 is 1.53. The Labute approximate surface area is 59.3 Å². The van der Waals surface area contributed by atoms with Gasteiger partial charge in [0.25, 0.3) is 0 Å². The molecule has 9 heavy (non-hydrogen) atoms. The molecular formula is C7H8NS. The Hall–Kier alpha value is -0.470. The molecule has 0 spiro atoms. The lowest BCUT2D eigenvalue weighted by Crippen LogP contribution is -1.82. The van der Waals surface area contributed by atoms with Crippen LogP contribution in [0.2, 0.25) is 0 Å². The minimum Gasteiger partial charge on any atom is -0.317 e. The lowest BCUT2D eigenvalue weighted by atomic mass is 10.4. The third-order valence-electron chi connectivity index (χ3n) is 0.947. The Morgan fingerprint density at radius 3 is 2.44 bits per heavy atom. The molecule has 1 aromatic carbocycles. The summed E-state index contributed by atoms with van der Waals surface area (Å²) in [5.74, 6) is 1.58. The fourth-order valence-corrected chi connectivity index (χ4v) is 1.05. The van der Waals surface area contributed by atoms with E-state index in [1.165, 1.54) is 16.7 Å². The maximum absolute atomic E-state index is 5.20. The molecule has 0 unspecified atom stereocenters. The molecule has 0 atom stereocenters. The molecule has 2 heteroatoms. The van der Waals surface area contributed by atoms with Gasteiger partial charge in [-0.3, -0.25) is 0 Å². The second kappa shape index (κ2) is 3.54. The fourth-order valence-electron chi connectivity index (χ4n) is 0.578. The van der Waals surface area contributed by atoms with E-state index in [1.807, 2.05) is 30.3 Å². The van der Waals surface area contributed by atoms with E-state index in [0.717, 1.165) is 0 Å². The van der Waals surface area contributed by atoms with E-state index in [2.05, 4.69) is 0 Å². The van der Waals surface area contributed by atoms with E-state index < -0.39 is 0 Å². The van der Waals surface area contributed by atoms with Gasteiger partial charge in [0, 0.05) is 4.90 Å². The van der Waals surface area contributed by atoms with Crippen LogP contribution in [0.5, 0.6) is 0 Å². The molecule has 1 aromatic rings. The van der Waals surface area contributed by atoms with Gasteiger partial charge in [-0.1, -0.05) is 18.2 Å². The van der Waals surface area contributed by atoms with Gasteiger partial charge in [0.05, 0.1) is 5.88 Å². The van der Waals surface area contributed by atoms with Crippen molar-refractivity contribution in [3.8, 4) is 0 Å². The number of benzene rings is 1. The van der Waals surface area contributed by atoms with Crippen molar-refractivity contribution in [2.45, 2.75) is 4.90 Å². The smallest absolute Gasteiger partial charge is 0.0806 e. The molecule has 0 saturated heterocycles. The van der Waals surface area contributed by atoms with Gasteiger partial charge in [-0.2, -0.15) is 0 Å². The van der Waals surface area contributed by atoms with Crippen LogP contribution in [0.4, 0.5) is 0 Å². The molecular weight excluding hydrogens is 130 g/mol. The highest BCUT2D eigenvalue weighted by atomic mass is 32.2. The minimum atomic E-state index is 1.18. The molecule has 2 N–H and O–H groups in total. The van der Waals surface area contributed by atoms with E-state index in [0.29, 0.717) is 0 Å². The van der Waals surface area contributed by atoms with Crippen LogP contribution in [0.15, 0.2) is 35.2 Å². The summed E-state index contributed by atoms with van der Waals surface area (Å²) in [5, 5.41) is 0. The van der Waals surface area contributed by atoms with Crippen LogP contribution in [-0.4, -0.2) is 0 Å². The molecule has 0 amide bonds. The van der Waals surface area contributed by atoms with Gasteiger partial charge >= 0.3 is 0 Å². The third-order valence-corrected chi connectivity index (χ3v) is 1.63. The van der Waals surface area contributed by atoms with E-state index in [9.17, 15) is 0 Å². The summed E-state index contributed by atoms with van der Waals surface area (Å²) in [7, 11) is 0. The van der Waals surface area contributed by atoms with Crippen LogP contribution in [0.3, 0.4) is 0 Å². The molecule has 47 valence electrons. The van der Waals surface area contributed by atoms with Crippen molar-refractivity contribution in [2.75, 3.05) is 0 Å². The quantitative estimate of drug-likeness (QED) is 0.631. The highest BCUT2D eigenvalue weighted by Gasteiger charge is 1.85. The Balaban J connectivity index is 2.61. The molecule has 0 heterocycles. The van der Waals surface area contributed by atoms with E-state index >= 15 is 0 Å². The highest BCUT2D eigenvalue weighted by Crippen LogP contribution is 2.16. The SMILES string of the molecule is N[CH]Sc1ccccc1. The summed E-state index contributed by atoms with van der Waals surface area (Å²) < 4.78 is 0. The van der Waals surface area contributed by atoms with Crippen LogP contribution in [-0.2, 0) is 0 Å². The molecule has 1 nitrogen and oxygen atoms in total. The number of hydrogen-bond acceptors (Lipinski definition) is 2. The molecule has 0 aliphatic heterocycles. The Bertz CT molecular complexity index is 162. The number of rotatable bonds is 2. The molecule has 0 aromatic heterocycles. The zero-order chi connectivity index (χ0) is 6.53. The second-order valence-corrected chi connectivity index (χ2v) is 2.55. The normalized spacial score (nSPS) is 9.44. The number of hydrogen-bond donors (Lipinski definition) is 1. The molecule has 1 rings (SSSR count). The molecule has 1 radical (unpaired) electrons. The van der Waals surface area contributed by atoms with Gasteiger partial charge in [-0.15, -0.1) is 11.8 Å². The van der Waals surface area contributed by atoms with Crippen molar-refractivity contribution in [1.29, 1.82) is 0 Å². The van der Waals surface area contributed by atoms with Gasteiger partial charge in [0.15, 0.2) is 0 Å². The maximum Gasteiger partial charge on any atom is 0.0806 e. The first-order valence-corrected chi connectivity index (χ1v) is 3.56. The van der Waals surface area contributed by atoms with Gasteiger partial charge in [0.1, 0.15) is 0 Å². The summed E-state index contributed by atoms with van der Waals surface area (Å²) in [4.78, 5) is 1.18. The van der Waals surface area contributed by atoms with Crippen molar-refractivity contribution < 1.29 is 0 Å². The summed E-state index contributed by atoms with van der Waals surface area (Å²) in [6.07, 6.45) is 0. The Morgan fingerprint density at radius 2 is 1.89 bits per heavy atom. The average Bonchev–Trinajstić information content (AvgIpc) is 1.91. The van der Waals surface area contributed by atoms with Crippen LogP contribution >= 0.6 is 11.8 Å². The van der Waals surface area contributed by atoms with Gasteiger partial charge in [-0.05, 0) is 12.1 Å². The second-order valence-electron chi connectivity index (χ2n) is 1.57. The largest absolute Gasteiger partial charge is 0.317 e. The third kappa shape index (κ3) is 2.08. The summed E-state index contributed by atoms with van der Waals surface area (Å²) in [6, 6.07) is 10.0. The zero-order valence-corrected chi connectivity index (χ0v) is 5.77. The highest BCUT2D eigenvalue weighted by molar-refractivity contribution is 8.01. The number of nitrogens with two attached hydrogens (primary N) is 1. The maximum atomic E-state index is 5.20. The van der Waals surface area contributed by atoms with Crippen molar-refractivity contribution in [3.63, 3.8) is 0 Å². The van der Waals surface area contributed by atoms with Crippen LogP contribution in [0.1, 0.15) is 0 Å². The molecule has 0 fully saturated rings. The standard InChI is InChI=1S/C7H8NS/c8-6-9-7-4-2-1-3-5-7/h1-6H,8H2. The number of thioether (sulfide) groups is 1. The molecule has 0 saturated carbocycles. The zero-order valence-electron chi connectivity index (χ0n) is 4.95. The lowest BCUT2D eigenvalue weighted by molar-refractivity contribution is 1.45. The first-order valence-electron chi connectivity index (χ1n) is 2.68. The van der Waals surface area contributed by atoms with Crippen molar-refractivity contribution >= 4 is 11.8 Å². The Morgan fingerprint density at radius 1 is 1.22 bits per heavy atom. The fraction of sp³-hybridized carbons (Fsp3) is 0. The van der Waals surface area contributed by atoms with Crippen molar-refractivity contribution in [3.05, 3.63) is 36.2 Å². The first-order chi connectivity index (χ1) is 4.43. The summed E-state index contributed by atoms with van der Waals surface area (Å²) in [5.41, 5.74) is 5.20. The monoisotopic (exact) mass is 138 g/mol. The van der Waals surface area contributed by atoms with E-state index in [1.54, 1.807) is 5.88 Å². The lowest BCUT2D eigenvalue weighted by Gasteiger charge is -1.93. The average molecular weight is 138 g/mol. The molecule has 0 aliphatic rings. The van der Waals surface area contributed by atoms with E-state index in [4.69, 9.17) is 5.73 Å². The van der Waals surface area contributed by atoms with Gasteiger partial charge in [-0.25, -0.2) is 0 Å². The van der Waals surface area contributed by atoms with Crippen LogP contribution < -0.4 is 5.73 Å². The molecule has 0 aliphatic carbocycles.